The van der Waals surface area contributed by atoms with Crippen molar-refractivity contribution in [1.82, 2.24) is 19.6 Å². The fourth-order valence-corrected chi connectivity index (χ4v) is 4.09. The van der Waals surface area contributed by atoms with Gasteiger partial charge in [-0.3, -0.25) is 9.59 Å². The smallest absolute Gasteiger partial charge is 0.277 e. The number of carbonyl (C=O) groups excluding carboxylic acids is 1. The molecule has 0 saturated heterocycles. The summed E-state index contributed by atoms with van der Waals surface area (Å²) in [5, 5.41) is 12.9. The number of anilines is 1. The molecule has 2 heterocycles. The molecule has 0 radical (unpaired) electrons. The molecule has 1 aliphatic rings. The van der Waals surface area contributed by atoms with Gasteiger partial charge in [0.1, 0.15) is 5.82 Å². The summed E-state index contributed by atoms with van der Waals surface area (Å²) in [4.78, 5) is 26.0. The molecule has 7 nitrogen and oxygen atoms in total. The van der Waals surface area contributed by atoms with Gasteiger partial charge in [0, 0.05) is 18.0 Å². The Morgan fingerprint density at radius 2 is 1.90 bits per heavy atom. The van der Waals surface area contributed by atoms with E-state index >= 15 is 0 Å². The van der Waals surface area contributed by atoms with Gasteiger partial charge in [-0.05, 0) is 25.3 Å². The van der Waals surface area contributed by atoms with E-state index in [1.54, 1.807) is 18.3 Å². The van der Waals surface area contributed by atoms with Crippen molar-refractivity contribution in [2.45, 2.75) is 64.5 Å². The summed E-state index contributed by atoms with van der Waals surface area (Å²) in [6, 6.07) is 9.32. The first-order chi connectivity index (χ1) is 14.2. The molecule has 1 fully saturated rings. The summed E-state index contributed by atoms with van der Waals surface area (Å²) >= 11 is 0. The molecule has 0 bridgehead atoms. The zero-order chi connectivity index (χ0) is 20.2. The van der Waals surface area contributed by atoms with E-state index in [4.69, 9.17) is 0 Å². The molecular weight excluding hydrogens is 366 g/mol. The fourth-order valence-electron chi connectivity index (χ4n) is 4.09. The van der Waals surface area contributed by atoms with Crippen LogP contribution in [0.3, 0.4) is 0 Å². The molecule has 1 aliphatic carbocycles. The van der Waals surface area contributed by atoms with Crippen molar-refractivity contribution in [1.29, 1.82) is 0 Å². The molecule has 0 unspecified atom stereocenters. The van der Waals surface area contributed by atoms with Crippen molar-refractivity contribution in [3.05, 3.63) is 52.6 Å². The van der Waals surface area contributed by atoms with E-state index < -0.39 is 0 Å². The number of hydrogen-bond acceptors (Lipinski definition) is 4. The van der Waals surface area contributed by atoms with Crippen molar-refractivity contribution < 1.29 is 4.79 Å². The second-order valence-corrected chi connectivity index (χ2v) is 7.68. The Labute approximate surface area is 169 Å². The number of fused-ring (bicyclic) bond motifs is 1. The summed E-state index contributed by atoms with van der Waals surface area (Å²) < 4.78 is 3.34. The minimum Gasteiger partial charge on any atom is -0.305 e. The normalized spacial score (nSPS) is 14.5. The van der Waals surface area contributed by atoms with Crippen LogP contribution in [0, 0.1) is 0 Å². The number of aromatic nitrogens is 4. The zero-order valence-electron chi connectivity index (χ0n) is 16.8. The van der Waals surface area contributed by atoms with Gasteiger partial charge in [-0.15, -0.1) is 0 Å². The van der Waals surface area contributed by atoms with Crippen LogP contribution in [0.2, 0.25) is 0 Å². The predicted molar refractivity (Wildman–Crippen MR) is 113 cm³/mol. The quantitative estimate of drug-likeness (QED) is 0.611. The molecule has 1 saturated carbocycles. The maximum Gasteiger partial charge on any atom is 0.277 e. The van der Waals surface area contributed by atoms with Crippen molar-refractivity contribution in [3.8, 4) is 0 Å². The largest absolute Gasteiger partial charge is 0.305 e. The number of nitrogens with one attached hydrogen (secondary N) is 1. The van der Waals surface area contributed by atoms with Crippen LogP contribution < -0.4 is 10.9 Å². The van der Waals surface area contributed by atoms with Crippen LogP contribution in [-0.4, -0.2) is 25.5 Å². The van der Waals surface area contributed by atoms with Crippen LogP contribution in [0.5, 0.6) is 0 Å². The van der Waals surface area contributed by atoms with Crippen molar-refractivity contribution in [2.24, 2.45) is 0 Å². The average Bonchev–Trinajstić information content (AvgIpc) is 3.41. The Morgan fingerprint density at radius 3 is 2.66 bits per heavy atom. The zero-order valence-corrected chi connectivity index (χ0v) is 16.8. The topological polar surface area (TPSA) is 81.8 Å². The number of carbonyl (C=O) groups is 1. The lowest BCUT2D eigenvalue weighted by atomic mass is 10.1. The SMILES string of the molecule is CCCCCn1nc(C(=O)Nc2ccnn2C2CCCC2)c2ccccc2c1=O. The predicted octanol–water partition coefficient (Wildman–Crippen LogP) is 4.15. The van der Waals surface area contributed by atoms with E-state index in [2.05, 4.69) is 22.4 Å². The number of rotatable bonds is 7. The number of hydrogen-bond donors (Lipinski definition) is 1. The van der Waals surface area contributed by atoms with Crippen LogP contribution in [0.25, 0.3) is 10.8 Å². The van der Waals surface area contributed by atoms with Gasteiger partial charge < -0.3 is 5.32 Å². The molecule has 0 atom stereocenters. The summed E-state index contributed by atoms with van der Waals surface area (Å²) in [6.45, 7) is 2.63. The Kier molecular flexibility index (Phi) is 5.74. The maximum atomic E-state index is 13.2. The summed E-state index contributed by atoms with van der Waals surface area (Å²) in [6.07, 6.45) is 9.17. The average molecular weight is 393 g/mol. The van der Waals surface area contributed by atoms with Gasteiger partial charge in [-0.2, -0.15) is 10.2 Å². The van der Waals surface area contributed by atoms with E-state index in [1.165, 1.54) is 17.5 Å². The van der Waals surface area contributed by atoms with E-state index in [1.807, 2.05) is 22.9 Å². The van der Waals surface area contributed by atoms with E-state index in [9.17, 15) is 9.59 Å². The van der Waals surface area contributed by atoms with Crippen LogP contribution in [-0.2, 0) is 6.54 Å². The number of unbranched alkanes of at least 4 members (excludes halogenated alkanes) is 2. The van der Waals surface area contributed by atoms with Gasteiger partial charge in [-0.25, -0.2) is 9.36 Å². The Bertz CT molecular complexity index is 1060. The Morgan fingerprint density at radius 1 is 1.14 bits per heavy atom. The van der Waals surface area contributed by atoms with Crippen LogP contribution >= 0.6 is 0 Å². The molecule has 4 rings (SSSR count). The highest BCUT2D eigenvalue weighted by atomic mass is 16.2. The van der Waals surface area contributed by atoms with Crippen LogP contribution in [0.4, 0.5) is 5.82 Å². The first-order valence-corrected chi connectivity index (χ1v) is 10.5. The molecule has 1 amide bonds. The van der Waals surface area contributed by atoms with Crippen molar-refractivity contribution >= 4 is 22.5 Å². The van der Waals surface area contributed by atoms with Gasteiger partial charge >= 0.3 is 0 Å². The van der Waals surface area contributed by atoms with Gasteiger partial charge in [0.2, 0.25) is 0 Å². The molecule has 3 aromatic rings. The number of amides is 1. The highest BCUT2D eigenvalue weighted by molar-refractivity contribution is 6.10. The van der Waals surface area contributed by atoms with Gasteiger partial charge in [0.15, 0.2) is 5.69 Å². The van der Waals surface area contributed by atoms with E-state index in [0.717, 1.165) is 32.1 Å². The van der Waals surface area contributed by atoms with Crippen LogP contribution in [0.1, 0.15) is 68.4 Å². The third-order valence-corrected chi connectivity index (χ3v) is 5.64. The lowest BCUT2D eigenvalue weighted by Gasteiger charge is -2.15. The second-order valence-electron chi connectivity index (χ2n) is 7.68. The van der Waals surface area contributed by atoms with Crippen molar-refractivity contribution in [3.63, 3.8) is 0 Å². The summed E-state index contributed by atoms with van der Waals surface area (Å²) in [5.74, 6) is 0.363. The third kappa shape index (κ3) is 3.95. The monoisotopic (exact) mass is 393 g/mol. The second kappa shape index (κ2) is 8.59. The maximum absolute atomic E-state index is 13.2. The molecule has 0 aliphatic heterocycles. The molecule has 0 spiro atoms. The fraction of sp³-hybridized carbons (Fsp3) is 0.455. The molecular formula is C22H27N5O2. The first-order valence-electron chi connectivity index (χ1n) is 10.5. The van der Waals surface area contributed by atoms with E-state index in [-0.39, 0.29) is 17.2 Å². The Balaban J connectivity index is 1.67. The van der Waals surface area contributed by atoms with Gasteiger partial charge in [0.25, 0.3) is 11.5 Å². The van der Waals surface area contributed by atoms with Crippen molar-refractivity contribution in [2.75, 3.05) is 5.32 Å². The third-order valence-electron chi connectivity index (χ3n) is 5.64. The standard InChI is InChI=1S/C22H27N5O2/c1-2-3-8-15-26-22(29)18-12-7-6-11-17(18)20(25-26)21(28)24-19-13-14-23-27(19)16-9-4-5-10-16/h6-7,11-14,16H,2-5,8-10,15H2,1H3,(H,24,28). The van der Waals surface area contributed by atoms with Gasteiger partial charge in [-0.1, -0.05) is 50.8 Å². The summed E-state index contributed by atoms with van der Waals surface area (Å²) in [7, 11) is 0. The lowest BCUT2D eigenvalue weighted by Crippen LogP contribution is -2.28. The lowest BCUT2D eigenvalue weighted by molar-refractivity contribution is 0.102. The molecule has 29 heavy (non-hydrogen) atoms. The van der Waals surface area contributed by atoms with Crippen LogP contribution in [0.15, 0.2) is 41.3 Å². The molecule has 7 heteroatoms. The van der Waals surface area contributed by atoms with Gasteiger partial charge in [0.05, 0.1) is 17.6 Å². The Hall–Kier alpha value is -2.96. The van der Waals surface area contributed by atoms with E-state index in [0.29, 0.717) is 29.2 Å². The molecule has 152 valence electrons. The highest BCUT2D eigenvalue weighted by Gasteiger charge is 2.22. The minimum absolute atomic E-state index is 0.149. The molecule has 2 aromatic heterocycles. The number of benzene rings is 1. The molecule has 1 aromatic carbocycles. The molecule has 1 N–H and O–H groups in total. The number of nitrogens with zero attached hydrogens (tertiary/aromatic N) is 4. The first kappa shape index (κ1) is 19.4. The minimum atomic E-state index is -0.315. The number of aryl methyl sites for hydroxylation is 1. The highest BCUT2D eigenvalue weighted by Crippen LogP contribution is 2.31. The summed E-state index contributed by atoms with van der Waals surface area (Å²) in [5.41, 5.74) is 0.125.